The number of carboxylic acid groups (broad SMARTS) is 1. The lowest BCUT2D eigenvalue weighted by Gasteiger charge is -2.26. The smallest absolute Gasteiger partial charge is 0.339 e. The maximum absolute atomic E-state index is 11.2. The summed E-state index contributed by atoms with van der Waals surface area (Å²) in [5, 5.41) is 18.9. The second kappa shape index (κ2) is 6.09. The van der Waals surface area contributed by atoms with Crippen molar-refractivity contribution in [3.63, 3.8) is 0 Å². The SMILES string of the molecule is CCCCCC(C)(C)c1cc(C)c(O)c(C(=O)O)c1. The van der Waals surface area contributed by atoms with Gasteiger partial charge in [0.2, 0.25) is 0 Å². The van der Waals surface area contributed by atoms with Crippen LogP contribution in [0, 0.1) is 6.92 Å². The van der Waals surface area contributed by atoms with Crippen molar-refractivity contribution < 1.29 is 15.0 Å². The summed E-state index contributed by atoms with van der Waals surface area (Å²) in [5.41, 5.74) is 1.53. The molecule has 1 aromatic rings. The van der Waals surface area contributed by atoms with Gasteiger partial charge < -0.3 is 10.2 Å². The summed E-state index contributed by atoms with van der Waals surface area (Å²) in [6.45, 7) is 8.16. The third-order valence-electron chi connectivity index (χ3n) is 3.72. The minimum Gasteiger partial charge on any atom is -0.507 e. The first-order valence-electron chi connectivity index (χ1n) is 6.87. The van der Waals surface area contributed by atoms with Crippen molar-refractivity contribution in [1.82, 2.24) is 0 Å². The van der Waals surface area contributed by atoms with Crippen LogP contribution in [-0.2, 0) is 5.41 Å². The first-order chi connectivity index (χ1) is 8.79. The molecule has 0 saturated carbocycles. The first-order valence-corrected chi connectivity index (χ1v) is 6.87. The number of hydrogen-bond donors (Lipinski definition) is 2. The highest BCUT2D eigenvalue weighted by Crippen LogP contribution is 2.34. The predicted octanol–water partition coefficient (Wildman–Crippen LogP) is 4.26. The minimum absolute atomic E-state index is 0.00133. The number of aromatic carboxylic acids is 1. The fraction of sp³-hybridized carbons (Fsp3) is 0.562. The van der Waals surface area contributed by atoms with Crippen LogP contribution < -0.4 is 0 Å². The molecule has 0 bridgehead atoms. The van der Waals surface area contributed by atoms with E-state index in [1.807, 2.05) is 6.07 Å². The van der Waals surface area contributed by atoms with Crippen LogP contribution in [-0.4, -0.2) is 16.2 Å². The number of aryl methyl sites for hydroxylation is 1. The summed E-state index contributed by atoms with van der Waals surface area (Å²) in [6, 6.07) is 3.50. The monoisotopic (exact) mass is 264 g/mol. The van der Waals surface area contributed by atoms with E-state index in [-0.39, 0.29) is 16.7 Å². The van der Waals surface area contributed by atoms with Crippen LogP contribution in [0.2, 0.25) is 0 Å². The largest absolute Gasteiger partial charge is 0.507 e. The molecule has 1 rings (SSSR count). The van der Waals surface area contributed by atoms with Gasteiger partial charge in [0.1, 0.15) is 11.3 Å². The predicted molar refractivity (Wildman–Crippen MR) is 77.0 cm³/mol. The molecule has 1 aromatic carbocycles. The number of carboxylic acids is 1. The number of aromatic hydroxyl groups is 1. The highest BCUT2D eigenvalue weighted by Gasteiger charge is 2.23. The quantitative estimate of drug-likeness (QED) is 0.755. The summed E-state index contributed by atoms with van der Waals surface area (Å²) in [4.78, 5) is 11.2. The molecule has 3 heteroatoms. The van der Waals surface area contributed by atoms with E-state index in [1.54, 1.807) is 13.0 Å². The van der Waals surface area contributed by atoms with E-state index in [1.165, 1.54) is 12.8 Å². The number of rotatable bonds is 6. The Morgan fingerprint density at radius 2 is 1.89 bits per heavy atom. The Morgan fingerprint density at radius 3 is 2.42 bits per heavy atom. The maximum atomic E-state index is 11.2. The van der Waals surface area contributed by atoms with Crippen LogP contribution in [0.1, 0.15) is 67.9 Å². The molecule has 0 aliphatic carbocycles. The fourth-order valence-corrected chi connectivity index (χ4v) is 2.29. The number of benzene rings is 1. The van der Waals surface area contributed by atoms with E-state index < -0.39 is 5.97 Å². The van der Waals surface area contributed by atoms with E-state index in [0.717, 1.165) is 18.4 Å². The van der Waals surface area contributed by atoms with E-state index in [2.05, 4.69) is 20.8 Å². The summed E-state index contributed by atoms with van der Waals surface area (Å²) in [6.07, 6.45) is 4.51. The van der Waals surface area contributed by atoms with Gasteiger partial charge in [-0.15, -0.1) is 0 Å². The zero-order valence-corrected chi connectivity index (χ0v) is 12.3. The molecule has 19 heavy (non-hydrogen) atoms. The molecule has 0 aromatic heterocycles. The molecule has 2 N–H and O–H groups in total. The van der Waals surface area contributed by atoms with Crippen LogP contribution in [0.4, 0.5) is 0 Å². The van der Waals surface area contributed by atoms with Gasteiger partial charge in [0.15, 0.2) is 0 Å². The van der Waals surface area contributed by atoms with Gasteiger partial charge in [0, 0.05) is 0 Å². The fourth-order valence-electron chi connectivity index (χ4n) is 2.29. The van der Waals surface area contributed by atoms with E-state index in [9.17, 15) is 9.90 Å². The molecule has 0 heterocycles. The Balaban J connectivity index is 3.09. The average molecular weight is 264 g/mol. The van der Waals surface area contributed by atoms with Crippen molar-refractivity contribution in [2.24, 2.45) is 0 Å². The maximum Gasteiger partial charge on any atom is 0.339 e. The molecule has 0 spiro atoms. The lowest BCUT2D eigenvalue weighted by atomic mass is 9.78. The van der Waals surface area contributed by atoms with Crippen molar-refractivity contribution in [3.8, 4) is 5.75 Å². The Bertz CT molecular complexity index is 461. The van der Waals surface area contributed by atoms with Gasteiger partial charge in [-0.05, 0) is 36.0 Å². The van der Waals surface area contributed by atoms with Gasteiger partial charge in [-0.3, -0.25) is 0 Å². The minimum atomic E-state index is -1.08. The number of hydrogen-bond acceptors (Lipinski definition) is 2. The Labute approximate surface area is 115 Å². The van der Waals surface area contributed by atoms with E-state index >= 15 is 0 Å². The highest BCUT2D eigenvalue weighted by atomic mass is 16.4. The van der Waals surface area contributed by atoms with Crippen molar-refractivity contribution in [2.75, 3.05) is 0 Å². The highest BCUT2D eigenvalue weighted by molar-refractivity contribution is 5.91. The Morgan fingerprint density at radius 1 is 1.26 bits per heavy atom. The van der Waals surface area contributed by atoms with Crippen LogP contribution >= 0.6 is 0 Å². The van der Waals surface area contributed by atoms with Crippen molar-refractivity contribution in [1.29, 1.82) is 0 Å². The molecule has 0 saturated heterocycles. The standard InChI is InChI=1S/C16H24O3/c1-5-6-7-8-16(3,4)12-9-11(2)14(17)13(10-12)15(18)19/h9-10,17H,5-8H2,1-4H3,(H,18,19). The van der Waals surface area contributed by atoms with Gasteiger partial charge in [0.25, 0.3) is 0 Å². The second-order valence-corrected chi connectivity index (χ2v) is 5.84. The average Bonchev–Trinajstić information content (AvgIpc) is 2.32. The molecule has 0 unspecified atom stereocenters. The van der Waals surface area contributed by atoms with Crippen molar-refractivity contribution in [3.05, 3.63) is 28.8 Å². The van der Waals surface area contributed by atoms with E-state index in [4.69, 9.17) is 5.11 Å². The van der Waals surface area contributed by atoms with Crippen LogP contribution in [0.25, 0.3) is 0 Å². The van der Waals surface area contributed by atoms with Gasteiger partial charge in [-0.2, -0.15) is 0 Å². The molecule has 0 amide bonds. The van der Waals surface area contributed by atoms with Gasteiger partial charge in [-0.25, -0.2) is 4.79 Å². The molecule has 106 valence electrons. The van der Waals surface area contributed by atoms with Crippen molar-refractivity contribution >= 4 is 5.97 Å². The zero-order chi connectivity index (χ0) is 14.6. The number of unbranched alkanes of at least 4 members (excludes halogenated alkanes) is 2. The van der Waals surface area contributed by atoms with E-state index in [0.29, 0.717) is 5.56 Å². The van der Waals surface area contributed by atoms with Gasteiger partial charge >= 0.3 is 5.97 Å². The molecule has 0 aliphatic rings. The lowest BCUT2D eigenvalue weighted by Crippen LogP contribution is -2.18. The number of carbonyl (C=O) groups is 1. The molecule has 0 fully saturated rings. The summed E-state index contributed by atoms with van der Waals surface area (Å²) in [7, 11) is 0. The second-order valence-electron chi connectivity index (χ2n) is 5.84. The third kappa shape index (κ3) is 3.72. The molecular formula is C16H24O3. The normalized spacial score (nSPS) is 11.6. The van der Waals surface area contributed by atoms with Crippen LogP contribution in [0.5, 0.6) is 5.75 Å². The third-order valence-corrected chi connectivity index (χ3v) is 3.72. The molecule has 3 nitrogen and oxygen atoms in total. The topological polar surface area (TPSA) is 57.5 Å². The molecular weight excluding hydrogens is 240 g/mol. The van der Waals surface area contributed by atoms with Crippen LogP contribution in [0.15, 0.2) is 12.1 Å². The van der Waals surface area contributed by atoms with Crippen LogP contribution in [0.3, 0.4) is 0 Å². The summed E-state index contributed by atoms with van der Waals surface area (Å²) < 4.78 is 0. The summed E-state index contributed by atoms with van der Waals surface area (Å²) >= 11 is 0. The Kier molecular flexibility index (Phi) is 4.98. The lowest BCUT2D eigenvalue weighted by molar-refractivity contribution is 0.0693. The molecule has 0 radical (unpaired) electrons. The summed E-state index contributed by atoms with van der Waals surface area (Å²) in [5.74, 6) is -1.20. The zero-order valence-electron chi connectivity index (χ0n) is 12.3. The van der Waals surface area contributed by atoms with Gasteiger partial charge in [0.05, 0.1) is 0 Å². The number of phenols is 1. The molecule has 0 atom stereocenters. The first kappa shape index (κ1) is 15.5. The Hall–Kier alpha value is -1.51. The molecule has 0 aliphatic heterocycles. The van der Waals surface area contributed by atoms with Crippen molar-refractivity contribution in [2.45, 2.75) is 58.8 Å². The van der Waals surface area contributed by atoms with Gasteiger partial charge in [-0.1, -0.05) is 46.1 Å².